The quantitative estimate of drug-likeness (QED) is 0.440. The Labute approximate surface area is 120 Å². The van der Waals surface area contributed by atoms with Crippen LogP contribution in [0.4, 0.5) is 0 Å². The summed E-state index contributed by atoms with van der Waals surface area (Å²) < 4.78 is 1.68. The zero-order valence-corrected chi connectivity index (χ0v) is 11.3. The van der Waals surface area contributed by atoms with Gasteiger partial charge in [-0.25, -0.2) is 9.50 Å². The molecular weight excluding hydrogens is 274 g/mol. The summed E-state index contributed by atoms with van der Waals surface area (Å²) in [5.41, 5.74) is 8.58. The van der Waals surface area contributed by atoms with Gasteiger partial charge in [0.05, 0.1) is 17.1 Å². The van der Waals surface area contributed by atoms with Crippen molar-refractivity contribution in [2.75, 3.05) is 0 Å². The third-order valence-electron chi connectivity index (χ3n) is 3.01. The number of amidine groups is 1. The van der Waals surface area contributed by atoms with Crippen molar-refractivity contribution < 1.29 is 0 Å². The number of fused-ring (bicyclic) bond motifs is 1. The third-order valence-corrected chi connectivity index (χ3v) is 3.25. The fourth-order valence-corrected chi connectivity index (χ4v) is 2.21. The van der Waals surface area contributed by atoms with Crippen LogP contribution in [0.15, 0.2) is 42.5 Å². The van der Waals surface area contributed by atoms with Gasteiger partial charge in [0.1, 0.15) is 5.84 Å². The molecule has 0 aliphatic carbocycles. The number of rotatable bonds is 3. The standard InChI is InChI=1S/C14H12ClN5/c15-8-12-18-14-10(13(16)17)6-7-11(20(14)19-12)9-4-2-1-3-5-9/h1-7H,8H2,(H3,16,17). The number of hydrogen-bond donors (Lipinski definition) is 2. The Morgan fingerprint density at radius 1 is 1.20 bits per heavy atom. The van der Waals surface area contributed by atoms with Gasteiger partial charge in [-0.1, -0.05) is 30.3 Å². The lowest BCUT2D eigenvalue weighted by atomic mass is 10.1. The smallest absolute Gasteiger partial charge is 0.167 e. The van der Waals surface area contributed by atoms with Crippen molar-refractivity contribution in [3.63, 3.8) is 0 Å². The minimum atomic E-state index is -0.0388. The maximum Gasteiger partial charge on any atom is 0.167 e. The Balaban J connectivity index is 2.32. The average molecular weight is 286 g/mol. The summed E-state index contributed by atoms with van der Waals surface area (Å²) >= 11 is 5.81. The normalized spacial score (nSPS) is 10.8. The largest absolute Gasteiger partial charge is 0.384 e. The predicted octanol–water partition coefficient (Wildman–Crippen LogP) is 2.42. The van der Waals surface area contributed by atoms with Crippen LogP contribution in [0.3, 0.4) is 0 Å². The number of nitrogen functional groups attached to an aromatic ring is 1. The second kappa shape index (κ2) is 4.94. The molecule has 0 saturated heterocycles. The molecule has 2 heterocycles. The van der Waals surface area contributed by atoms with Crippen LogP contribution in [0, 0.1) is 5.41 Å². The van der Waals surface area contributed by atoms with E-state index in [-0.39, 0.29) is 11.7 Å². The van der Waals surface area contributed by atoms with Gasteiger partial charge in [-0.3, -0.25) is 5.41 Å². The number of nitrogens with one attached hydrogen (secondary N) is 1. The predicted molar refractivity (Wildman–Crippen MR) is 79.0 cm³/mol. The number of aromatic nitrogens is 3. The summed E-state index contributed by atoms with van der Waals surface area (Å²) in [6.45, 7) is 0. The van der Waals surface area contributed by atoms with Gasteiger partial charge in [0.2, 0.25) is 0 Å². The molecule has 1 aromatic carbocycles. The van der Waals surface area contributed by atoms with Crippen molar-refractivity contribution in [2.24, 2.45) is 5.73 Å². The highest BCUT2D eigenvalue weighted by atomic mass is 35.5. The number of alkyl halides is 1. The van der Waals surface area contributed by atoms with Crippen LogP contribution >= 0.6 is 11.6 Å². The Kier molecular flexibility index (Phi) is 3.12. The maximum atomic E-state index is 7.62. The Morgan fingerprint density at radius 3 is 2.60 bits per heavy atom. The van der Waals surface area contributed by atoms with E-state index in [4.69, 9.17) is 22.7 Å². The molecule has 20 heavy (non-hydrogen) atoms. The molecule has 6 heteroatoms. The van der Waals surface area contributed by atoms with E-state index in [1.54, 1.807) is 10.6 Å². The molecule has 3 aromatic rings. The second-order valence-corrected chi connectivity index (χ2v) is 4.58. The van der Waals surface area contributed by atoms with Crippen LogP contribution in [-0.2, 0) is 5.88 Å². The molecule has 0 saturated carbocycles. The second-order valence-electron chi connectivity index (χ2n) is 4.31. The Morgan fingerprint density at radius 2 is 1.95 bits per heavy atom. The summed E-state index contributed by atoms with van der Waals surface area (Å²) in [6.07, 6.45) is 0. The lowest BCUT2D eigenvalue weighted by molar-refractivity contribution is 0.929. The van der Waals surface area contributed by atoms with Gasteiger partial charge in [-0.15, -0.1) is 16.7 Å². The molecule has 0 bridgehead atoms. The summed E-state index contributed by atoms with van der Waals surface area (Å²) in [7, 11) is 0. The molecule has 0 aliphatic heterocycles. The van der Waals surface area contributed by atoms with Gasteiger partial charge in [0.15, 0.2) is 11.5 Å². The van der Waals surface area contributed by atoms with Crippen LogP contribution in [0.5, 0.6) is 0 Å². The van der Waals surface area contributed by atoms with Crippen LogP contribution in [0.1, 0.15) is 11.4 Å². The first kappa shape index (κ1) is 12.6. The highest BCUT2D eigenvalue weighted by Gasteiger charge is 2.13. The molecule has 0 spiro atoms. The highest BCUT2D eigenvalue weighted by molar-refractivity contribution is 6.16. The SMILES string of the molecule is N=C(N)c1ccc(-c2ccccc2)n2nc(CCl)nc12. The highest BCUT2D eigenvalue weighted by Crippen LogP contribution is 2.22. The van der Waals surface area contributed by atoms with Gasteiger partial charge in [-0.2, -0.15) is 0 Å². The van der Waals surface area contributed by atoms with E-state index in [1.807, 2.05) is 36.4 Å². The van der Waals surface area contributed by atoms with E-state index in [0.29, 0.717) is 17.0 Å². The molecular formula is C14H12ClN5. The fourth-order valence-electron chi connectivity index (χ4n) is 2.10. The van der Waals surface area contributed by atoms with Crippen molar-refractivity contribution in [3.05, 3.63) is 53.9 Å². The van der Waals surface area contributed by atoms with Crippen LogP contribution in [0.25, 0.3) is 16.9 Å². The number of nitrogens with two attached hydrogens (primary N) is 1. The van der Waals surface area contributed by atoms with Crippen molar-refractivity contribution >= 4 is 23.1 Å². The van der Waals surface area contributed by atoms with Crippen molar-refractivity contribution in [1.82, 2.24) is 14.6 Å². The molecule has 0 aliphatic rings. The summed E-state index contributed by atoms with van der Waals surface area (Å²) in [5, 5.41) is 12.0. The summed E-state index contributed by atoms with van der Waals surface area (Å²) in [5.74, 6) is 0.688. The van der Waals surface area contributed by atoms with E-state index < -0.39 is 0 Å². The van der Waals surface area contributed by atoms with Gasteiger partial charge >= 0.3 is 0 Å². The summed E-state index contributed by atoms with van der Waals surface area (Å²) in [4.78, 5) is 4.34. The van der Waals surface area contributed by atoms with Crippen LogP contribution in [-0.4, -0.2) is 20.4 Å². The summed E-state index contributed by atoms with van der Waals surface area (Å²) in [6, 6.07) is 13.5. The number of hydrogen-bond acceptors (Lipinski definition) is 3. The Hall–Kier alpha value is -2.40. The minimum absolute atomic E-state index is 0.0388. The van der Waals surface area contributed by atoms with Crippen LogP contribution < -0.4 is 5.73 Å². The van der Waals surface area contributed by atoms with Crippen molar-refractivity contribution in [3.8, 4) is 11.3 Å². The topological polar surface area (TPSA) is 80.1 Å². The Bertz CT molecular complexity index is 779. The lowest BCUT2D eigenvalue weighted by Gasteiger charge is -2.07. The van der Waals surface area contributed by atoms with E-state index in [9.17, 15) is 0 Å². The first-order chi connectivity index (χ1) is 9.70. The first-order valence-corrected chi connectivity index (χ1v) is 6.58. The molecule has 0 atom stereocenters. The number of nitrogens with zero attached hydrogens (tertiary/aromatic N) is 3. The molecule has 100 valence electrons. The van der Waals surface area contributed by atoms with E-state index in [1.165, 1.54) is 0 Å². The van der Waals surface area contributed by atoms with Gasteiger partial charge in [0.25, 0.3) is 0 Å². The maximum absolute atomic E-state index is 7.62. The molecule has 2 aromatic heterocycles. The molecule has 3 N–H and O–H groups in total. The monoisotopic (exact) mass is 285 g/mol. The average Bonchev–Trinajstić information content (AvgIpc) is 2.90. The van der Waals surface area contributed by atoms with E-state index in [2.05, 4.69) is 10.1 Å². The van der Waals surface area contributed by atoms with E-state index >= 15 is 0 Å². The molecule has 0 fully saturated rings. The van der Waals surface area contributed by atoms with Crippen molar-refractivity contribution in [2.45, 2.75) is 5.88 Å². The van der Waals surface area contributed by atoms with Gasteiger partial charge in [0, 0.05) is 5.56 Å². The number of benzene rings is 1. The molecule has 3 rings (SSSR count). The molecule has 0 amide bonds. The van der Waals surface area contributed by atoms with Gasteiger partial charge < -0.3 is 5.73 Å². The number of halogens is 1. The first-order valence-electron chi connectivity index (χ1n) is 6.05. The number of pyridine rings is 1. The zero-order chi connectivity index (χ0) is 14.1. The lowest BCUT2D eigenvalue weighted by Crippen LogP contribution is -2.13. The van der Waals surface area contributed by atoms with E-state index in [0.717, 1.165) is 11.3 Å². The van der Waals surface area contributed by atoms with Crippen molar-refractivity contribution in [1.29, 1.82) is 5.41 Å². The molecule has 0 radical (unpaired) electrons. The fraction of sp³-hybridized carbons (Fsp3) is 0.0714. The molecule has 0 unspecified atom stereocenters. The third kappa shape index (κ3) is 2.02. The van der Waals surface area contributed by atoms with Gasteiger partial charge in [-0.05, 0) is 12.1 Å². The minimum Gasteiger partial charge on any atom is -0.384 e. The van der Waals surface area contributed by atoms with Crippen LogP contribution in [0.2, 0.25) is 0 Å². The molecule has 5 nitrogen and oxygen atoms in total. The zero-order valence-electron chi connectivity index (χ0n) is 10.5.